The van der Waals surface area contributed by atoms with E-state index < -0.39 is 0 Å². The Labute approximate surface area is 107 Å². The minimum Gasteiger partial charge on any atom is -0.384 e. The van der Waals surface area contributed by atoms with Gasteiger partial charge in [-0.1, -0.05) is 13.8 Å². The first-order valence-corrected chi connectivity index (χ1v) is 5.97. The van der Waals surface area contributed by atoms with E-state index in [0.717, 1.165) is 17.7 Å². The molecule has 2 heterocycles. The zero-order chi connectivity index (χ0) is 13.1. The van der Waals surface area contributed by atoms with Crippen molar-refractivity contribution in [2.24, 2.45) is 5.92 Å². The Morgan fingerprint density at radius 3 is 2.39 bits per heavy atom. The number of nitrogens with zero attached hydrogens (tertiary/aromatic N) is 4. The van der Waals surface area contributed by atoms with E-state index in [-0.39, 0.29) is 0 Å². The van der Waals surface area contributed by atoms with Crippen molar-refractivity contribution in [3.63, 3.8) is 0 Å². The van der Waals surface area contributed by atoms with E-state index in [9.17, 15) is 0 Å². The maximum absolute atomic E-state index is 5.80. The molecule has 0 amide bonds. The lowest BCUT2D eigenvalue weighted by Gasteiger charge is -2.07. The molecule has 18 heavy (non-hydrogen) atoms. The molecule has 0 unspecified atom stereocenters. The molecule has 0 saturated heterocycles. The molecule has 0 aliphatic rings. The number of nitrogen functional groups attached to an aromatic ring is 1. The molecule has 0 radical (unpaired) electrons. The molecule has 2 aromatic heterocycles. The van der Waals surface area contributed by atoms with E-state index in [1.54, 1.807) is 18.5 Å². The highest BCUT2D eigenvalue weighted by Gasteiger charge is 2.09. The number of aromatic nitrogens is 4. The second-order valence-corrected chi connectivity index (χ2v) is 4.79. The van der Waals surface area contributed by atoms with Gasteiger partial charge in [-0.15, -0.1) is 0 Å². The molecule has 2 aromatic rings. The van der Waals surface area contributed by atoms with Crippen LogP contribution in [0.1, 0.15) is 25.1 Å². The molecule has 2 rings (SSSR count). The van der Waals surface area contributed by atoms with E-state index in [4.69, 9.17) is 5.73 Å². The van der Waals surface area contributed by atoms with Gasteiger partial charge < -0.3 is 5.73 Å². The second kappa shape index (κ2) is 5.08. The Morgan fingerprint density at radius 1 is 1.11 bits per heavy atom. The summed E-state index contributed by atoms with van der Waals surface area (Å²) in [6, 6.07) is 1.80. The molecule has 0 spiro atoms. The predicted octanol–water partition coefficient (Wildman–Crippen LogP) is 2.02. The minimum absolute atomic E-state index is 0.458. The number of nitrogens with two attached hydrogens (primary N) is 1. The maximum atomic E-state index is 5.80. The Morgan fingerprint density at radius 2 is 1.78 bits per heavy atom. The van der Waals surface area contributed by atoms with Crippen LogP contribution in [0.4, 0.5) is 5.82 Å². The third-order valence-electron chi connectivity index (χ3n) is 2.40. The lowest BCUT2D eigenvalue weighted by atomic mass is 10.1. The summed E-state index contributed by atoms with van der Waals surface area (Å²) in [5.41, 5.74) is 7.73. The van der Waals surface area contributed by atoms with E-state index >= 15 is 0 Å². The van der Waals surface area contributed by atoms with Crippen LogP contribution < -0.4 is 5.73 Å². The van der Waals surface area contributed by atoms with Crippen LogP contribution in [0.2, 0.25) is 0 Å². The van der Waals surface area contributed by atoms with E-state index in [0.29, 0.717) is 23.4 Å². The molecule has 0 bridgehead atoms. The van der Waals surface area contributed by atoms with Gasteiger partial charge in [0.15, 0.2) is 11.6 Å². The van der Waals surface area contributed by atoms with Crippen LogP contribution in [0.5, 0.6) is 0 Å². The molecule has 0 aliphatic heterocycles. The maximum Gasteiger partial charge on any atom is 0.199 e. The smallest absolute Gasteiger partial charge is 0.199 e. The van der Waals surface area contributed by atoms with Crippen LogP contribution in [-0.2, 0) is 6.42 Å². The summed E-state index contributed by atoms with van der Waals surface area (Å²) in [6.45, 7) is 6.22. The highest BCUT2D eigenvalue weighted by Crippen LogP contribution is 2.14. The fourth-order valence-electron chi connectivity index (χ4n) is 1.65. The Bertz CT molecular complexity index is 534. The second-order valence-electron chi connectivity index (χ2n) is 4.79. The fourth-order valence-corrected chi connectivity index (χ4v) is 1.65. The largest absolute Gasteiger partial charge is 0.384 e. The fraction of sp³-hybridized carbons (Fsp3) is 0.385. The van der Waals surface area contributed by atoms with Crippen molar-refractivity contribution in [3.8, 4) is 11.6 Å². The van der Waals surface area contributed by atoms with Gasteiger partial charge in [0.05, 0.1) is 0 Å². The molecule has 2 N–H and O–H groups in total. The van der Waals surface area contributed by atoms with Gasteiger partial charge in [-0.3, -0.25) is 0 Å². The van der Waals surface area contributed by atoms with Gasteiger partial charge in [-0.05, 0) is 24.8 Å². The van der Waals surface area contributed by atoms with Crippen LogP contribution >= 0.6 is 0 Å². The first-order valence-electron chi connectivity index (χ1n) is 5.97. The van der Waals surface area contributed by atoms with Crippen molar-refractivity contribution in [3.05, 3.63) is 29.7 Å². The van der Waals surface area contributed by atoms with Gasteiger partial charge in [-0.25, -0.2) is 19.9 Å². The minimum atomic E-state index is 0.458. The van der Waals surface area contributed by atoms with Crippen molar-refractivity contribution in [1.82, 2.24) is 19.9 Å². The first kappa shape index (κ1) is 12.4. The molecule has 0 aliphatic carbocycles. The molecule has 0 saturated carbocycles. The average Bonchev–Trinajstić information content (AvgIpc) is 2.28. The summed E-state index contributed by atoms with van der Waals surface area (Å²) in [5, 5.41) is 0. The Hall–Kier alpha value is -2.04. The van der Waals surface area contributed by atoms with Gasteiger partial charge in [0.2, 0.25) is 0 Å². The van der Waals surface area contributed by atoms with Crippen molar-refractivity contribution in [1.29, 1.82) is 0 Å². The van der Waals surface area contributed by atoms with Gasteiger partial charge in [0.1, 0.15) is 5.82 Å². The third-order valence-corrected chi connectivity index (χ3v) is 2.40. The van der Waals surface area contributed by atoms with E-state index in [1.165, 1.54) is 0 Å². The quantitative estimate of drug-likeness (QED) is 0.892. The number of hydrogen-bond acceptors (Lipinski definition) is 5. The zero-order valence-electron chi connectivity index (χ0n) is 10.9. The van der Waals surface area contributed by atoms with Crippen molar-refractivity contribution in [2.45, 2.75) is 27.2 Å². The highest BCUT2D eigenvalue weighted by atomic mass is 15.0. The summed E-state index contributed by atoms with van der Waals surface area (Å²) in [6.07, 6.45) is 4.36. The number of aryl methyl sites for hydroxylation is 1. The van der Waals surface area contributed by atoms with Crippen LogP contribution in [0, 0.1) is 12.8 Å². The monoisotopic (exact) mass is 243 g/mol. The number of anilines is 1. The third kappa shape index (κ3) is 3.00. The molecule has 5 nitrogen and oxygen atoms in total. The highest BCUT2D eigenvalue weighted by molar-refractivity contribution is 5.47. The van der Waals surface area contributed by atoms with Gasteiger partial charge in [0, 0.05) is 24.2 Å². The number of rotatable bonds is 3. The van der Waals surface area contributed by atoms with Crippen LogP contribution in [0.3, 0.4) is 0 Å². The summed E-state index contributed by atoms with van der Waals surface area (Å²) >= 11 is 0. The first-order chi connectivity index (χ1) is 8.54. The molecule has 0 aromatic carbocycles. The molecule has 0 fully saturated rings. The molecule has 94 valence electrons. The average molecular weight is 243 g/mol. The predicted molar refractivity (Wildman–Crippen MR) is 70.7 cm³/mol. The lowest BCUT2D eigenvalue weighted by Crippen LogP contribution is -2.05. The molecular weight excluding hydrogens is 226 g/mol. The van der Waals surface area contributed by atoms with Crippen molar-refractivity contribution < 1.29 is 0 Å². The summed E-state index contributed by atoms with van der Waals surface area (Å²) in [7, 11) is 0. The molecular formula is C13H17N5. The number of hydrogen-bond donors (Lipinski definition) is 1. The topological polar surface area (TPSA) is 77.6 Å². The van der Waals surface area contributed by atoms with Crippen molar-refractivity contribution >= 4 is 5.82 Å². The summed E-state index contributed by atoms with van der Waals surface area (Å²) in [4.78, 5) is 17.1. The Balaban J connectivity index is 2.38. The van der Waals surface area contributed by atoms with Gasteiger partial charge >= 0.3 is 0 Å². The standard InChI is InChI=1S/C13H17N5/c1-8(2)4-10-5-11(14)18-13(17-10)12-15-6-9(3)7-16-12/h5-8H,4H2,1-3H3,(H2,14,17,18). The lowest BCUT2D eigenvalue weighted by molar-refractivity contribution is 0.634. The van der Waals surface area contributed by atoms with Crippen LogP contribution in [0.25, 0.3) is 11.6 Å². The normalized spacial score (nSPS) is 10.9. The van der Waals surface area contributed by atoms with Crippen LogP contribution in [0.15, 0.2) is 18.5 Å². The molecule has 0 atom stereocenters. The van der Waals surface area contributed by atoms with E-state index in [1.807, 2.05) is 6.92 Å². The SMILES string of the molecule is Cc1cnc(-c2nc(N)cc(CC(C)C)n2)nc1. The van der Waals surface area contributed by atoms with Crippen molar-refractivity contribution in [2.75, 3.05) is 5.73 Å². The van der Waals surface area contributed by atoms with Gasteiger partial charge in [0.25, 0.3) is 0 Å². The van der Waals surface area contributed by atoms with Gasteiger partial charge in [-0.2, -0.15) is 0 Å². The molecule has 5 heteroatoms. The zero-order valence-corrected chi connectivity index (χ0v) is 10.9. The Kier molecular flexibility index (Phi) is 3.50. The van der Waals surface area contributed by atoms with Crippen LogP contribution in [-0.4, -0.2) is 19.9 Å². The summed E-state index contributed by atoms with van der Waals surface area (Å²) < 4.78 is 0. The van der Waals surface area contributed by atoms with E-state index in [2.05, 4.69) is 33.8 Å². The summed E-state index contributed by atoms with van der Waals surface area (Å²) in [5.74, 6) is 1.98.